The summed E-state index contributed by atoms with van der Waals surface area (Å²) in [6, 6.07) is 4.22. The number of H-pyrrole nitrogens is 1. The van der Waals surface area contributed by atoms with E-state index in [1.54, 1.807) is 24.6 Å². The summed E-state index contributed by atoms with van der Waals surface area (Å²) in [4.78, 5) is 38.6. The first-order valence-electron chi connectivity index (χ1n) is 13.3. The van der Waals surface area contributed by atoms with E-state index in [0.717, 1.165) is 78.7 Å². The van der Waals surface area contributed by atoms with E-state index in [-0.39, 0.29) is 5.91 Å². The number of primary amides is 1. The lowest BCUT2D eigenvalue weighted by Crippen LogP contribution is -2.59. The van der Waals surface area contributed by atoms with Gasteiger partial charge in [-0.2, -0.15) is 0 Å². The van der Waals surface area contributed by atoms with Crippen molar-refractivity contribution in [2.45, 2.75) is 32.9 Å². The fourth-order valence-corrected chi connectivity index (χ4v) is 6.27. The number of rotatable bonds is 9. The van der Waals surface area contributed by atoms with Crippen molar-refractivity contribution < 1.29 is 14.4 Å². The van der Waals surface area contributed by atoms with E-state index in [9.17, 15) is 4.79 Å². The third kappa shape index (κ3) is 5.80. The minimum atomic E-state index is -0.635. The van der Waals surface area contributed by atoms with Gasteiger partial charge in [0.1, 0.15) is 0 Å². The average Bonchev–Trinajstić information content (AvgIpc) is 3.54. The van der Waals surface area contributed by atoms with Gasteiger partial charge in [0.15, 0.2) is 11.6 Å². The summed E-state index contributed by atoms with van der Waals surface area (Å²) >= 11 is 1.76. The van der Waals surface area contributed by atoms with Crippen molar-refractivity contribution in [3.63, 3.8) is 0 Å². The minimum Gasteiger partial charge on any atom is -0.378 e. The lowest BCUT2D eigenvalue weighted by molar-refractivity contribution is -0.129. The Morgan fingerprint density at radius 3 is 2.62 bits per heavy atom. The highest BCUT2D eigenvalue weighted by Crippen LogP contribution is 2.35. The van der Waals surface area contributed by atoms with E-state index in [1.807, 2.05) is 33.0 Å². The molecule has 2 fully saturated rings. The van der Waals surface area contributed by atoms with Crippen LogP contribution in [0, 0.1) is 6.92 Å². The Bertz CT molecular complexity index is 1340. The molecule has 3 aromatic heterocycles. The Balaban J connectivity index is 1.46. The molecule has 2 aliphatic heterocycles. The van der Waals surface area contributed by atoms with Crippen LogP contribution >= 0.6 is 11.3 Å². The summed E-state index contributed by atoms with van der Waals surface area (Å²) in [7, 11) is 1.58. The third-order valence-corrected chi connectivity index (χ3v) is 8.77. The summed E-state index contributed by atoms with van der Waals surface area (Å²) in [6.45, 7) is 13.0. The number of piperazine rings is 1. The first-order valence-corrected chi connectivity index (χ1v) is 14.1. The van der Waals surface area contributed by atoms with Crippen molar-refractivity contribution in [2.75, 3.05) is 64.5 Å². The first-order chi connectivity index (χ1) is 18.8. The smallest absolute Gasteiger partial charge is 0.237 e. The second-order valence-electron chi connectivity index (χ2n) is 10.5. The number of thiophene rings is 1. The quantitative estimate of drug-likeness (QED) is 0.341. The van der Waals surface area contributed by atoms with E-state index in [1.165, 1.54) is 4.88 Å². The zero-order valence-corrected chi connectivity index (χ0v) is 23.9. The molecule has 0 spiro atoms. The molecule has 0 atom stereocenters. The van der Waals surface area contributed by atoms with E-state index < -0.39 is 5.54 Å². The van der Waals surface area contributed by atoms with Crippen molar-refractivity contribution in [1.29, 1.82) is 0 Å². The number of carbonyl (C=O) groups excluding carboxylic acids is 1. The lowest BCUT2D eigenvalue weighted by Gasteiger charge is -2.42. The molecule has 0 unspecified atom stereocenters. The van der Waals surface area contributed by atoms with Gasteiger partial charge in [0.2, 0.25) is 5.91 Å². The summed E-state index contributed by atoms with van der Waals surface area (Å²) in [5.41, 5.74) is 11.7. The molecule has 0 radical (unpaired) electrons. The van der Waals surface area contributed by atoms with Crippen molar-refractivity contribution in [3.8, 4) is 0 Å². The molecule has 2 aliphatic rings. The number of hydroxylamine groups is 1. The molecule has 5 heterocycles. The second kappa shape index (κ2) is 11.6. The van der Waals surface area contributed by atoms with Crippen LogP contribution in [0.2, 0.25) is 0 Å². The summed E-state index contributed by atoms with van der Waals surface area (Å²) in [5.74, 6) is 1.30. The van der Waals surface area contributed by atoms with Gasteiger partial charge < -0.3 is 20.4 Å². The number of fused-ring (bicyclic) bond motifs is 1. The maximum atomic E-state index is 11.9. The molecule has 0 bridgehead atoms. The molecule has 210 valence electrons. The average molecular weight is 555 g/mol. The number of ether oxygens (including phenoxy) is 1. The molecule has 0 aromatic carbocycles. The highest BCUT2D eigenvalue weighted by atomic mass is 32.1. The zero-order chi connectivity index (χ0) is 27.6. The van der Waals surface area contributed by atoms with Gasteiger partial charge in [0.25, 0.3) is 0 Å². The monoisotopic (exact) mass is 554 g/mol. The minimum absolute atomic E-state index is 0.283. The van der Waals surface area contributed by atoms with Gasteiger partial charge in [-0.1, -0.05) is 0 Å². The van der Waals surface area contributed by atoms with E-state index in [2.05, 4.69) is 31.2 Å². The van der Waals surface area contributed by atoms with Gasteiger partial charge >= 0.3 is 0 Å². The van der Waals surface area contributed by atoms with Crippen LogP contribution in [-0.4, -0.2) is 95.8 Å². The molecule has 4 N–H and O–H groups in total. The Labute approximate surface area is 232 Å². The van der Waals surface area contributed by atoms with Gasteiger partial charge in [-0.05, 0) is 32.9 Å². The molecule has 2 saturated heterocycles. The van der Waals surface area contributed by atoms with Crippen LogP contribution in [0.25, 0.3) is 15.8 Å². The van der Waals surface area contributed by atoms with Crippen LogP contribution < -0.4 is 16.1 Å². The SMILES string of the molecule is CON/C=C(/c1nc(N2CCOCC2)c2sc(CN3CCN(C(C)(C)C(N)=O)CC3)cc2n1)c1cc[nH]c1C. The Morgan fingerprint density at radius 2 is 1.97 bits per heavy atom. The molecular formula is C27H38N8O3S. The molecule has 1 amide bonds. The van der Waals surface area contributed by atoms with Crippen LogP contribution in [0.15, 0.2) is 24.5 Å². The number of nitrogens with two attached hydrogens (primary N) is 1. The summed E-state index contributed by atoms with van der Waals surface area (Å²) in [5, 5.41) is 0. The predicted octanol–water partition coefficient (Wildman–Crippen LogP) is 2.09. The number of anilines is 1. The zero-order valence-electron chi connectivity index (χ0n) is 23.1. The van der Waals surface area contributed by atoms with Crippen LogP contribution in [0.4, 0.5) is 5.82 Å². The molecular weight excluding hydrogens is 516 g/mol. The van der Waals surface area contributed by atoms with Crippen molar-refractivity contribution in [1.82, 2.24) is 30.2 Å². The number of aromatic amines is 1. The topological polar surface area (TPSA) is 125 Å². The van der Waals surface area contributed by atoms with Crippen molar-refractivity contribution >= 4 is 38.9 Å². The number of hydrogen-bond acceptors (Lipinski definition) is 10. The van der Waals surface area contributed by atoms with Crippen LogP contribution in [0.5, 0.6) is 0 Å². The highest BCUT2D eigenvalue weighted by molar-refractivity contribution is 7.19. The van der Waals surface area contributed by atoms with Gasteiger partial charge in [0, 0.05) is 79.9 Å². The maximum Gasteiger partial charge on any atom is 0.237 e. The summed E-state index contributed by atoms with van der Waals surface area (Å²) < 4.78 is 6.72. The third-order valence-electron chi connectivity index (χ3n) is 7.67. The number of amides is 1. The molecule has 11 nitrogen and oxygen atoms in total. The molecule has 39 heavy (non-hydrogen) atoms. The standard InChI is InChI=1S/C27H38N8O3S/c1-18-20(5-6-29-18)21(16-30-37-4)24-31-22-15-19(39-23(22)25(32-24)34-11-13-38-14-12-34)17-33-7-9-35(10-8-33)27(2,3)26(28)36/h5-6,15-16,29-30H,7-14,17H2,1-4H3,(H2,28,36)/b21-16+. The molecule has 12 heteroatoms. The molecule has 3 aromatic rings. The highest BCUT2D eigenvalue weighted by Gasteiger charge is 2.34. The Morgan fingerprint density at radius 1 is 1.23 bits per heavy atom. The first kappa shape index (κ1) is 27.5. The predicted molar refractivity (Wildman–Crippen MR) is 153 cm³/mol. The number of aryl methyl sites for hydroxylation is 1. The van der Waals surface area contributed by atoms with Crippen LogP contribution in [-0.2, 0) is 20.9 Å². The van der Waals surface area contributed by atoms with E-state index in [4.69, 9.17) is 25.3 Å². The van der Waals surface area contributed by atoms with Crippen LogP contribution in [0.3, 0.4) is 0 Å². The summed E-state index contributed by atoms with van der Waals surface area (Å²) in [6.07, 6.45) is 3.72. The van der Waals surface area contributed by atoms with Gasteiger partial charge in [-0.3, -0.25) is 24.9 Å². The number of nitrogens with zero attached hydrogens (tertiary/aromatic N) is 5. The van der Waals surface area contributed by atoms with Gasteiger partial charge in [-0.25, -0.2) is 9.97 Å². The van der Waals surface area contributed by atoms with Gasteiger partial charge in [-0.15, -0.1) is 11.3 Å². The Kier molecular flexibility index (Phi) is 8.19. The molecule has 0 saturated carbocycles. The lowest BCUT2D eigenvalue weighted by atomic mass is 10.0. The number of hydrogen-bond donors (Lipinski definition) is 3. The Hall–Kier alpha value is -3.03. The maximum absolute atomic E-state index is 11.9. The second-order valence-corrected chi connectivity index (χ2v) is 11.6. The van der Waals surface area contributed by atoms with E-state index >= 15 is 0 Å². The van der Waals surface area contributed by atoms with Crippen molar-refractivity contribution in [2.24, 2.45) is 5.73 Å². The fraction of sp³-hybridized carbons (Fsp3) is 0.519. The normalized spacial score (nSPS) is 18.2. The number of nitrogens with one attached hydrogen (secondary N) is 2. The van der Waals surface area contributed by atoms with Gasteiger partial charge in [0.05, 0.1) is 36.1 Å². The molecule has 5 rings (SSSR count). The number of carbonyl (C=O) groups is 1. The largest absolute Gasteiger partial charge is 0.378 e. The fourth-order valence-electron chi connectivity index (χ4n) is 5.12. The molecule has 0 aliphatic carbocycles. The van der Waals surface area contributed by atoms with Crippen molar-refractivity contribution in [3.05, 3.63) is 46.5 Å². The number of aromatic nitrogens is 3. The van der Waals surface area contributed by atoms with E-state index in [0.29, 0.717) is 19.0 Å². The van der Waals surface area contributed by atoms with Crippen LogP contribution in [0.1, 0.15) is 35.8 Å². The number of morpholine rings is 1.